The molecule has 1 aromatic heterocycles. The molecule has 2 N–H and O–H groups in total. The third kappa shape index (κ3) is 2.94. The summed E-state index contributed by atoms with van der Waals surface area (Å²) in [6.45, 7) is 3.58. The first-order valence-corrected chi connectivity index (χ1v) is 7.28. The zero-order chi connectivity index (χ0) is 14.8. The van der Waals surface area contributed by atoms with Crippen molar-refractivity contribution in [3.8, 4) is 0 Å². The van der Waals surface area contributed by atoms with Crippen LogP contribution < -0.4 is 5.32 Å². The summed E-state index contributed by atoms with van der Waals surface area (Å²) in [5.41, 5.74) is 0.911. The van der Waals surface area contributed by atoms with Crippen molar-refractivity contribution in [2.75, 3.05) is 26.7 Å². The highest BCUT2D eigenvalue weighted by molar-refractivity contribution is 6.03. The molecule has 1 aromatic carbocycles. The normalized spacial score (nSPS) is 19.4. The van der Waals surface area contributed by atoms with Crippen molar-refractivity contribution < 1.29 is 14.3 Å². The minimum atomic E-state index is -0.933. The van der Waals surface area contributed by atoms with Gasteiger partial charge in [-0.15, -0.1) is 0 Å². The molecule has 2 heterocycles. The largest absolute Gasteiger partial charge is 0.478 e. The van der Waals surface area contributed by atoms with Gasteiger partial charge in [-0.3, -0.25) is 0 Å². The van der Waals surface area contributed by atoms with Gasteiger partial charge in [-0.1, -0.05) is 18.2 Å². The van der Waals surface area contributed by atoms with Crippen LogP contribution in [0, 0.1) is 5.92 Å². The maximum absolute atomic E-state index is 11.5. The van der Waals surface area contributed by atoms with Gasteiger partial charge in [0, 0.05) is 11.9 Å². The Morgan fingerprint density at radius 2 is 2.29 bits per heavy atom. The molecule has 0 bridgehead atoms. The number of fused-ring (bicyclic) bond motifs is 1. The van der Waals surface area contributed by atoms with Crippen molar-refractivity contribution in [3.63, 3.8) is 0 Å². The van der Waals surface area contributed by atoms with Gasteiger partial charge in [0.1, 0.15) is 16.9 Å². The summed E-state index contributed by atoms with van der Waals surface area (Å²) in [4.78, 5) is 13.8. The number of likely N-dealkylation sites (tertiary alicyclic amines) is 1. The van der Waals surface area contributed by atoms with Crippen molar-refractivity contribution in [2.45, 2.75) is 13.0 Å². The lowest BCUT2D eigenvalue weighted by molar-refractivity contribution is 0.0696. The number of nitrogens with zero attached hydrogens (tertiary/aromatic N) is 1. The fourth-order valence-electron chi connectivity index (χ4n) is 3.04. The van der Waals surface area contributed by atoms with E-state index in [1.54, 1.807) is 12.1 Å². The van der Waals surface area contributed by atoms with Crippen LogP contribution in [0.25, 0.3) is 11.0 Å². The highest BCUT2D eigenvalue weighted by Gasteiger charge is 2.21. The van der Waals surface area contributed by atoms with Crippen LogP contribution in [0.4, 0.5) is 0 Å². The number of aromatic carboxylic acids is 1. The van der Waals surface area contributed by atoms with E-state index < -0.39 is 5.97 Å². The van der Waals surface area contributed by atoms with E-state index in [4.69, 9.17) is 4.42 Å². The Bertz CT molecular complexity index is 650. The predicted molar refractivity (Wildman–Crippen MR) is 80.5 cm³/mol. The zero-order valence-electron chi connectivity index (χ0n) is 12.1. The second kappa shape index (κ2) is 5.87. The first-order chi connectivity index (χ1) is 10.1. The van der Waals surface area contributed by atoms with Crippen molar-refractivity contribution in [2.24, 2.45) is 5.92 Å². The Hall–Kier alpha value is -1.85. The molecule has 1 aliphatic heterocycles. The topological polar surface area (TPSA) is 65.7 Å². The number of carboxylic acid groups (broad SMARTS) is 1. The monoisotopic (exact) mass is 288 g/mol. The van der Waals surface area contributed by atoms with E-state index >= 15 is 0 Å². The summed E-state index contributed by atoms with van der Waals surface area (Å²) in [5.74, 6) is 0.208. The van der Waals surface area contributed by atoms with Crippen LogP contribution in [-0.2, 0) is 6.54 Å². The second-order valence-corrected chi connectivity index (χ2v) is 5.75. The summed E-state index contributed by atoms with van der Waals surface area (Å²) in [5, 5.41) is 13.4. The Balaban J connectivity index is 1.71. The number of hydrogen-bond donors (Lipinski definition) is 2. The molecule has 1 unspecified atom stereocenters. The Morgan fingerprint density at radius 3 is 3.00 bits per heavy atom. The van der Waals surface area contributed by atoms with Crippen LogP contribution in [0.15, 0.2) is 28.7 Å². The molecular formula is C16H20N2O3. The molecule has 21 heavy (non-hydrogen) atoms. The van der Waals surface area contributed by atoms with Gasteiger partial charge in [-0.25, -0.2) is 4.79 Å². The van der Waals surface area contributed by atoms with E-state index in [1.165, 1.54) is 6.42 Å². The maximum Gasteiger partial charge on any atom is 0.339 e. The van der Waals surface area contributed by atoms with E-state index in [-0.39, 0.29) is 5.56 Å². The number of para-hydroxylation sites is 1. The smallest absolute Gasteiger partial charge is 0.339 e. The molecule has 5 nitrogen and oxygen atoms in total. The quantitative estimate of drug-likeness (QED) is 0.882. The third-order valence-corrected chi connectivity index (χ3v) is 4.09. The average molecular weight is 288 g/mol. The fourth-order valence-corrected chi connectivity index (χ4v) is 3.04. The number of benzene rings is 1. The molecule has 1 saturated heterocycles. The highest BCUT2D eigenvalue weighted by Crippen LogP contribution is 2.26. The molecule has 0 spiro atoms. The molecule has 0 radical (unpaired) electrons. The zero-order valence-corrected chi connectivity index (χ0v) is 12.1. The Labute approximate surface area is 123 Å². The number of hydrogen-bond acceptors (Lipinski definition) is 4. The minimum Gasteiger partial charge on any atom is -0.478 e. The van der Waals surface area contributed by atoms with E-state index in [0.717, 1.165) is 19.6 Å². The van der Waals surface area contributed by atoms with Crippen molar-refractivity contribution in [3.05, 3.63) is 35.6 Å². The number of furan rings is 1. The van der Waals surface area contributed by atoms with Gasteiger partial charge in [-0.05, 0) is 38.5 Å². The van der Waals surface area contributed by atoms with Crippen LogP contribution in [0.5, 0.6) is 0 Å². The van der Waals surface area contributed by atoms with Gasteiger partial charge in [0.2, 0.25) is 0 Å². The molecule has 5 heteroatoms. The molecule has 1 aliphatic rings. The van der Waals surface area contributed by atoms with Gasteiger partial charge in [-0.2, -0.15) is 0 Å². The molecule has 3 rings (SSSR count). The maximum atomic E-state index is 11.5. The molecule has 2 aromatic rings. The van der Waals surface area contributed by atoms with E-state index in [2.05, 4.69) is 17.3 Å². The van der Waals surface area contributed by atoms with E-state index in [1.807, 2.05) is 12.1 Å². The van der Waals surface area contributed by atoms with Crippen LogP contribution in [0.2, 0.25) is 0 Å². The van der Waals surface area contributed by atoms with Gasteiger partial charge >= 0.3 is 5.97 Å². The summed E-state index contributed by atoms with van der Waals surface area (Å²) in [7, 11) is 2.13. The first-order valence-electron chi connectivity index (χ1n) is 7.28. The van der Waals surface area contributed by atoms with Crippen molar-refractivity contribution >= 4 is 16.9 Å². The van der Waals surface area contributed by atoms with Gasteiger partial charge in [0.15, 0.2) is 0 Å². The molecule has 0 aliphatic carbocycles. The third-order valence-electron chi connectivity index (χ3n) is 4.09. The van der Waals surface area contributed by atoms with Crippen LogP contribution in [0.1, 0.15) is 22.5 Å². The van der Waals surface area contributed by atoms with Crippen LogP contribution in [0.3, 0.4) is 0 Å². The number of carbonyl (C=O) groups is 1. The van der Waals surface area contributed by atoms with Gasteiger partial charge in [0.25, 0.3) is 0 Å². The molecule has 0 amide bonds. The molecule has 0 saturated carbocycles. The van der Waals surface area contributed by atoms with Gasteiger partial charge < -0.3 is 19.7 Å². The molecule has 112 valence electrons. The summed E-state index contributed by atoms with van der Waals surface area (Å²) in [6, 6.07) is 7.27. The van der Waals surface area contributed by atoms with E-state index in [0.29, 0.717) is 29.2 Å². The Kier molecular flexibility index (Phi) is 3.94. The predicted octanol–water partition coefficient (Wildman–Crippen LogP) is 2.17. The van der Waals surface area contributed by atoms with E-state index in [9.17, 15) is 9.90 Å². The van der Waals surface area contributed by atoms with Crippen LogP contribution >= 0.6 is 0 Å². The first kappa shape index (κ1) is 14.1. The SMILES string of the molecule is CN1CCC(CNCc2oc3ccccc3c2C(=O)O)C1. The lowest BCUT2D eigenvalue weighted by atomic mass is 10.1. The highest BCUT2D eigenvalue weighted by atomic mass is 16.4. The van der Waals surface area contributed by atoms with Gasteiger partial charge in [0.05, 0.1) is 6.54 Å². The lowest BCUT2D eigenvalue weighted by Crippen LogP contribution is -2.25. The minimum absolute atomic E-state index is 0.279. The number of nitrogens with one attached hydrogen (secondary N) is 1. The summed E-state index contributed by atoms with van der Waals surface area (Å²) < 4.78 is 5.69. The fraction of sp³-hybridized carbons (Fsp3) is 0.438. The Morgan fingerprint density at radius 1 is 1.48 bits per heavy atom. The molecular weight excluding hydrogens is 268 g/mol. The lowest BCUT2D eigenvalue weighted by Gasteiger charge is -2.11. The van der Waals surface area contributed by atoms with Crippen molar-refractivity contribution in [1.29, 1.82) is 0 Å². The molecule has 1 atom stereocenters. The number of rotatable bonds is 5. The second-order valence-electron chi connectivity index (χ2n) is 5.75. The summed E-state index contributed by atoms with van der Waals surface area (Å²) >= 11 is 0. The average Bonchev–Trinajstić information content (AvgIpc) is 3.02. The van der Waals surface area contributed by atoms with Crippen molar-refractivity contribution in [1.82, 2.24) is 10.2 Å². The standard InChI is InChI=1S/C16H20N2O3/c1-18-7-6-11(10-18)8-17-9-14-15(16(19)20)12-4-2-3-5-13(12)21-14/h2-5,11,17H,6-10H2,1H3,(H,19,20). The number of carboxylic acids is 1. The van der Waals surface area contributed by atoms with Crippen LogP contribution in [-0.4, -0.2) is 42.7 Å². The summed E-state index contributed by atoms with van der Waals surface area (Å²) in [6.07, 6.45) is 1.19. The molecule has 1 fully saturated rings.